The van der Waals surface area contributed by atoms with Crippen molar-refractivity contribution in [2.45, 2.75) is 0 Å². The summed E-state index contributed by atoms with van der Waals surface area (Å²) in [6, 6.07) is 2.01. The van der Waals surface area contributed by atoms with Gasteiger partial charge in [-0.3, -0.25) is 5.10 Å². The van der Waals surface area contributed by atoms with Crippen LogP contribution in [-0.2, 0) is 0 Å². The van der Waals surface area contributed by atoms with Gasteiger partial charge >= 0.3 is 0 Å². The van der Waals surface area contributed by atoms with Crippen molar-refractivity contribution in [1.29, 1.82) is 0 Å². The molecule has 1 aromatic heterocycles. The fourth-order valence-corrected chi connectivity index (χ4v) is 1.66. The number of nitrogens with one attached hydrogen (secondary N) is 2. The Hall–Kier alpha value is -0.550. The second kappa shape index (κ2) is 3.45. The Morgan fingerprint density at radius 1 is 1.42 bits per heavy atom. The summed E-state index contributed by atoms with van der Waals surface area (Å²) in [7, 11) is 0. The Kier molecular flexibility index (Phi) is 2.32. The molecule has 2 N–H and O–H groups in total. The van der Waals surface area contributed by atoms with Crippen molar-refractivity contribution in [3.05, 3.63) is 10.7 Å². The number of hydrogen-bond donors (Lipinski definition) is 2. The lowest BCUT2D eigenvalue weighted by atomic mass is 10.3. The molecule has 5 heteroatoms. The monoisotopic (exact) mass is 230 g/mol. The summed E-state index contributed by atoms with van der Waals surface area (Å²) < 4.78 is 0.871. The van der Waals surface area contributed by atoms with E-state index in [0.717, 1.165) is 36.6 Å². The van der Waals surface area contributed by atoms with E-state index in [0.29, 0.717) is 0 Å². The van der Waals surface area contributed by atoms with Crippen molar-refractivity contribution in [1.82, 2.24) is 15.5 Å². The van der Waals surface area contributed by atoms with Crippen LogP contribution >= 0.6 is 15.9 Å². The molecule has 0 unspecified atom stereocenters. The minimum absolute atomic E-state index is 0.871. The van der Waals surface area contributed by atoms with Gasteiger partial charge in [0.25, 0.3) is 0 Å². The first-order chi connectivity index (χ1) is 5.86. The number of H-pyrrole nitrogens is 1. The van der Waals surface area contributed by atoms with Gasteiger partial charge in [0, 0.05) is 32.2 Å². The maximum atomic E-state index is 4.02. The van der Waals surface area contributed by atoms with Crippen LogP contribution in [0, 0.1) is 0 Å². The molecule has 0 amide bonds. The molecule has 0 aromatic carbocycles. The van der Waals surface area contributed by atoms with Crippen LogP contribution in [0.4, 0.5) is 5.82 Å². The van der Waals surface area contributed by atoms with E-state index in [4.69, 9.17) is 0 Å². The topological polar surface area (TPSA) is 44.0 Å². The first-order valence-corrected chi connectivity index (χ1v) is 4.82. The third-order valence-electron chi connectivity index (χ3n) is 1.99. The molecular weight excluding hydrogens is 220 g/mol. The number of piperazine rings is 1. The zero-order chi connectivity index (χ0) is 8.39. The minimum atomic E-state index is 0.871. The predicted octanol–water partition coefficient (Wildman–Crippen LogP) is 0.582. The third kappa shape index (κ3) is 1.61. The minimum Gasteiger partial charge on any atom is -0.354 e. The van der Waals surface area contributed by atoms with Gasteiger partial charge in [-0.15, -0.1) is 0 Å². The van der Waals surface area contributed by atoms with Crippen LogP contribution < -0.4 is 10.2 Å². The summed E-state index contributed by atoms with van der Waals surface area (Å²) in [4.78, 5) is 2.29. The van der Waals surface area contributed by atoms with E-state index in [-0.39, 0.29) is 0 Å². The van der Waals surface area contributed by atoms with E-state index in [2.05, 4.69) is 36.3 Å². The summed E-state index contributed by atoms with van der Waals surface area (Å²) in [5, 5.41) is 10.3. The maximum absolute atomic E-state index is 4.02. The van der Waals surface area contributed by atoms with E-state index in [1.165, 1.54) is 0 Å². The fraction of sp³-hybridized carbons (Fsp3) is 0.571. The number of aromatic amines is 1. The second-order valence-electron chi connectivity index (χ2n) is 2.81. The molecule has 0 bridgehead atoms. The van der Waals surface area contributed by atoms with E-state index < -0.39 is 0 Å². The van der Waals surface area contributed by atoms with Crippen molar-refractivity contribution in [2.24, 2.45) is 0 Å². The van der Waals surface area contributed by atoms with Gasteiger partial charge in [0.05, 0.1) is 0 Å². The molecule has 2 rings (SSSR count). The molecular formula is C7H11BrN4. The summed E-state index contributed by atoms with van der Waals surface area (Å²) in [5.41, 5.74) is 0. The Labute approximate surface area is 79.5 Å². The lowest BCUT2D eigenvalue weighted by molar-refractivity contribution is 0.584. The predicted molar refractivity (Wildman–Crippen MR) is 51.4 cm³/mol. The Bertz CT molecular complexity index is 254. The number of halogens is 1. The van der Waals surface area contributed by atoms with Crippen molar-refractivity contribution >= 4 is 21.7 Å². The summed E-state index contributed by atoms with van der Waals surface area (Å²) in [5.74, 6) is 1.10. The second-order valence-corrected chi connectivity index (χ2v) is 3.63. The lowest BCUT2D eigenvalue weighted by Gasteiger charge is -2.27. The zero-order valence-corrected chi connectivity index (χ0v) is 8.26. The van der Waals surface area contributed by atoms with E-state index >= 15 is 0 Å². The molecule has 12 heavy (non-hydrogen) atoms. The van der Waals surface area contributed by atoms with Gasteiger partial charge in [-0.1, -0.05) is 0 Å². The molecule has 0 radical (unpaired) electrons. The molecule has 0 atom stereocenters. The maximum Gasteiger partial charge on any atom is 0.130 e. The van der Waals surface area contributed by atoms with Crippen molar-refractivity contribution in [3.63, 3.8) is 0 Å². The first kappa shape index (κ1) is 8.07. The van der Waals surface area contributed by atoms with Crippen LogP contribution in [0.25, 0.3) is 0 Å². The average Bonchev–Trinajstić information content (AvgIpc) is 2.54. The van der Waals surface area contributed by atoms with Crippen LogP contribution in [0.1, 0.15) is 0 Å². The highest BCUT2D eigenvalue weighted by Crippen LogP contribution is 2.15. The van der Waals surface area contributed by atoms with Gasteiger partial charge in [0.1, 0.15) is 10.4 Å². The molecule has 1 saturated heterocycles. The van der Waals surface area contributed by atoms with Gasteiger partial charge in [-0.25, -0.2) is 0 Å². The average molecular weight is 231 g/mol. The van der Waals surface area contributed by atoms with Crippen LogP contribution in [0.2, 0.25) is 0 Å². The van der Waals surface area contributed by atoms with Crippen molar-refractivity contribution in [2.75, 3.05) is 31.1 Å². The molecule has 1 aromatic rings. The fourth-order valence-electron chi connectivity index (χ4n) is 1.36. The highest BCUT2D eigenvalue weighted by molar-refractivity contribution is 9.10. The Balaban J connectivity index is 2.08. The molecule has 4 nitrogen and oxygen atoms in total. The zero-order valence-electron chi connectivity index (χ0n) is 6.68. The molecule has 1 aliphatic rings. The SMILES string of the molecule is Brc1cc(N2CCNCC2)[nH]n1. The van der Waals surface area contributed by atoms with Crippen LogP contribution in [-0.4, -0.2) is 36.4 Å². The summed E-state index contributed by atoms with van der Waals surface area (Å²) >= 11 is 3.31. The third-order valence-corrected chi connectivity index (χ3v) is 2.40. The van der Waals surface area contributed by atoms with E-state index in [1.54, 1.807) is 0 Å². The normalized spacial score (nSPS) is 18.2. The smallest absolute Gasteiger partial charge is 0.130 e. The first-order valence-electron chi connectivity index (χ1n) is 4.03. The van der Waals surface area contributed by atoms with Crippen LogP contribution in [0.5, 0.6) is 0 Å². The number of rotatable bonds is 1. The number of nitrogens with zero attached hydrogens (tertiary/aromatic N) is 2. The number of aromatic nitrogens is 2. The number of anilines is 1. The van der Waals surface area contributed by atoms with E-state index in [9.17, 15) is 0 Å². The molecule has 1 fully saturated rings. The molecule has 0 saturated carbocycles. The van der Waals surface area contributed by atoms with E-state index in [1.807, 2.05) is 6.07 Å². The van der Waals surface area contributed by atoms with Crippen molar-refractivity contribution < 1.29 is 0 Å². The van der Waals surface area contributed by atoms with Gasteiger partial charge in [0.2, 0.25) is 0 Å². The Morgan fingerprint density at radius 3 is 2.75 bits per heavy atom. The molecule has 66 valence electrons. The number of hydrogen-bond acceptors (Lipinski definition) is 3. The quantitative estimate of drug-likeness (QED) is 0.743. The van der Waals surface area contributed by atoms with Gasteiger partial charge in [0.15, 0.2) is 0 Å². The molecule has 0 aliphatic carbocycles. The lowest BCUT2D eigenvalue weighted by Crippen LogP contribution is -2.43. The largest absolute Gasteiger partial charge is 0.354 e. The van der Waals surface area contributed by atoms with Gasteiger partial charge in [-0.2, -0.15) is 5.10 Å². The highest BCUT2D eigenvalue weighted by Gasteiger charge is 2.11. The molecule has 0 spiro atoms. The molecule has 1 aliphatic heterocycles. The standard InChI is InChI=1S/C7H11BrN4/c8-6-5-7(11-10-6)12-3-1-9-2-4-12/h5,9H,1-4H2,(H,10,11). The van der Waals surface area contributed by atoms with Gasteiger partial charge < -0.3 is 10.2 Å². The van der Waals surface area contributed by atoms with Crippen LogP contribution in [0.3, 0.4) is 0 Å². The van der Waals surface area contributed by atoms with Gasteiger partial charge in [-0.05, 0) is 15.9 Å². The summed E-state index contributed by atoms with van der Waals surface area (Å²) in [6.07, 6.45) is 0. The van der Waals surface area contributed by atoms with Crippen LogP contribution in [0.15, 0.2) is 10.7 Å². The Morgan fingerprint density at radius 2 is 2.17 bits per heavy atom. The highest BCUT2D eigenvalue weighted by atomic mass is 79.9. The summed E-state index contributed by atoms with van der Waals surface area (Å²) in [6.45, 7) is 4.20. The van der Waals surface area contributed by atoms with Crippen molar-refractivity contribution in [3.8, 4) is 0 Å². The molecule has 2 heterocycles.